The van der Waals surface area contributed by atoms with Gasteiger partial charge in [0.1, 0.15) is 18.3 Å². The van der Waals surface area contributed by atoms with E-state index < -0.39 is 47.4 Å². The van der Waals surface area contributed by atoms with E-state index in [4.69, 9.17) is 19.7 Å². The lowest BCUT2D eigenvalue weighted by atomic mass is 10.0. The molecule has 1 rings (SSSR count). The molecule has 1 heterocycles. The van der Waals surface area contributed by atoms with Gasteiger partial charge in [-0.1, -0.05) is 5.04 Å². The van der Waals surface area contributed by atoms with E-state index in [-0.39, 0.29) is 12.3 Å². The van der Waals surface area contributed by atoms with Crippen LogP contribution in [0.4, 0.5) is 0 Å². The fourth-order valence-electron chi connectivity index (χ4n) is 1.42. The highest BCUT2D eigenvalue weighted by Crippen LogP contribution is 2.25. The van der Waals surface area contributed by atoms with Gasteiger partial charge in [0.15, 0.2) is 18.4 Å². The number of ether oxygens (including phenoxy) is 1. The largest absolute Gasteiger partial charge is 0.479 e. The molecule has 1 aliphatic rings. The summed E-state index contributed by atoms with van der Waals surface area (Å²) in [5, 5.41) is 29.7. The lowest BCUT2D eigenvalue weighted by Crippen LogP contribution is -2.57. The van der Waals surface area contributed by atoms with E-state index in [9.17, 15) is 18.3 Å². The zero-order valence-corrected chi connectivity index (χ0v) is 11.0. The Kier molecular flexibility index (Phi) is 6.52. The monoisotopic (exact) mass is 338 g/mol. The highest BCUT2D eigenvalue weighted by atomic mass is 32.3. The fraction of sp³-hybridized carbons (Fsp3) is 0.833. The Morgan fingerprint density at radius 1 is 1.40 bits per heavy atom. The molecule has 118 valence electrons. The molecule has 0 amide bonds. The maximum Gasteiger partial charge on any atom is 0.397 e. The topological polar surface area (TPSA) is 178 Å². The van der Waals surface area contributed by atoms with Gasteiger partial charge < -0.3 is 14.9 Å². The van der Waals surface area contributed by atoms with Crippen molar-refractivity contribution in [3.63, 3.8) is 0 Å². The molecule has 0 spiro atoms. The van der Waals surface area contributed by atoms with Gasteiger partial charge in [0.25, 0.3) is 0 Å². The van der Waals surface area contributed by atoms with Gasteiger partial charge in [0.2, 0.25) is 0 Å². The molecular weight excluding hydrogens is 328 g/mol. The van der Waals surface area contributed by atoms with Gasteiger partial charge in [-0.25, -0.2) is 14.2 Å². The zero-order valence-electron chi connectivity index (χ0n) is 9.39. The van der Waals surface area contributed by atoms with E-state index in [2.05, 4.69) is 17.7 Å². The number of carboxylic acids is 1. The van der Waals surface area contributed by atoms with Gasteiger partial charge >= 0.3 is 16.4 Å². The van der Waals surface area contributed by atoms with Crippen LogP contribution in [-0.2, 0) is 37.7 Å². The highest BCUT2D eigenvalue weighted by molar-refractivity contribution is 7.89. The number of hydrogen-bond acceptors (Lipinski definition) is 11. The summed E-state index contributed by atoms with van der Waals surface area (Å²) in [5.74, 6) is -1.51. The third-order valence-electron chi connectivity index (χ3n) is 2.15. The molecule has 2 unspecified atom stereocenters. The molecule has 4 N–H and O–H groups in total. The molecule has 1 aliphatic heterocycles. The third kappa shape index (κ3) is 5.09. The fourth-order valence-corrected chi connectivity index (χ4v) is 2.26. The first-order valence-electron chi connectivity index (χ1n) is 4.74. The molecular formula is C6H10O12S2. The van der Waals surface area contributed by atoms with Crippen LogP contribution in [0, 0.1) is 0 Å². The van der Waals surface area contributed by atoms with Crippen molar-refractivity contribution in [2.45, 2.75) is 24.4 Å². The van der Waals surface area contributed by atoms with Gasteiger partial charge in [0.05, 0.1) is 6.61 Å². The van der Waals surface area contributed by atoms with Crippen molar-refractivity contribution in [2.75, 3.05) is 6.61 Å². The van der Waals surface area contributed by atoms with E-state index in [0.717, 1.165) is 0 Å². The summed E-state index contributed by atoms with van der Waals surface area (Å²) in [6, 6.07) is 0. The lowest BCUT2D eigenvalue weighted by molar-refractivity contribution is -0.434. The number of rotatable bonds is 7. The smallest absolute Gasteiger partial charge is 0.397 e. The lowest BCUT2D eigenvalue weighted by Gasteiger charge is -2.35. The number of aliphatic carboxylic acids is 1. The van der Waals surface area contributed by atoms with Crippen LogP contribution >= 0.6 is 12.3 Å². The van der Waals surface area contributed by atoms with Crippen molar-refractivity contribution in [1.29, 1.82) is 0 Å². The Morgan fingerprint density at radius 3 is 2.55 bits per heavy atom. The molecule has 0 aromatic rings. The van der Waals surface area contributed by atoms with Crippen LogP contribution in [0.1, 0.15) is 0 Å². The molecule has 0 aliphatic carbocycles. The predicted molar refractivity (Wildman–Crippen MR) is 57.1 cm³/mol. The second-order valence-corrected chi connectivity index (χ2v) is 4.93. The molecule has 0 radical (unpaired) electrons. The van der Waals surface area contributed by atoms with Gasteiger partial charge in [-0.2, -0.15) is 8.42 Å². The Labute approximate surface area is 116 Å². The summed E-state index contributed by atoms with van der Waals surface area (Å²) in [6.45, 7) is -0.625. The first kappa shape index (κ1) is 17.5. The van der Waals surface area contributed by atoms with Crippen LogP contribution < -0.4 is 0 Å². The van der Waals surface area contributed by atoms with Crippen LogP contribution in [0.15, 0.2) is 0 Å². The van der Waals surface area contributed by atoms with Gasteiger partial charge in [-0.15, -0.1) is 4.33 Å². The Hall–Kier alpha value is -0.550. The molecule has 14 heteroatoms. The van der Waals surface area contributed by atoms with E-state index in [1.54, 1.807) is 0 Å². The van der Waals surface area contributed by atoms with Crippen molar-refractivity contribution in [1.82, 2.24) is 0 Å². The average molecular weight is 338 g/mol. The number of hydrogen-bond donors (Lipinski definition) is 4. The molecule has 1 fully saturated rings. The van der Waals surface area contributed by atoms with Gasteiger partial charge in [-0.05, 0) is 0 Å². The third-order valence-corrected chi connectivity index (χ3v) is 3.06. The summed E-state index contributed by atoms with van der Waals surface area (Å²) in [6.07, 6.45) is -6.68. The SMILES string of the molecule is O=C(O)C1OCC(OS(=O)(=O)O)[C@@H](O)[C@H]1OSOOO. The van der Waals surface area contributed by atoms with E-state index in [0.29, 0.717) is 0 Å². The van der Waals surface area contributed by atoms with Gasteiger partial charge in [-0.3, -0.25) is 8.74 Å². The summed E-state index contributed by atoms with van der Waals surface area (Å²) in [4.78, 5) is 10.9. The molecule has 0 aromatic heterocycles. The van der Waals surface area contributed by atoms with Crippen molar-refractivity contribution < 1.29 is 55.7 Å². The molecule has 0 saturated carbocycles. The zero-order chi connectivity index (χ0) is 15.3. The number of aliphatic hydroxyl groups is 1. The Balaban J connectivity index is 2.77. The van der Waals surface area contributed by atoms with Crippen LogP contribution in [0.5, 0.6) is 0 Å². The molecule has 1 saturated heterocycles. The second kappa shape index (κ2) is 7.46. The summed E-state index contributed by atoms with van der Waals surface area (Å²) in [7, 11) is -4.89. The summed E-state index contributed by atoms with van der Waals surface area (Å²) in [5.41, 5.74) is 0. The minimum absolute atomic E-state index is 0.0384. The van der Waals surface area contributed by atoms with Crippen LogP contribution in [0.2, 0.25) is 0 Å². The van der Waals surface area contributed by atoms with Crippen molar-refractivity contribution in [3.8, 4) is 0 Å². The molecule has 4 atom stereocenters. The van der Waals surface area contributed by atoms with E-state index >= 15 is 0 Å². The summed E-state index contributed by atoms with van der Waals surface area (Å²) < 4.78 is 47.0. The molecule has 12 nitrogen and oxygen atoms in total. The number of aliphatic hydroxyl groups excluding tert-OH is 1. The highest BCUT2D eigenvalue weighted by Gasteiger charge is 2.46. The van der Waals surface area contributed by atoms with Crippen LogP contribution in [0.25, 0.3) is 0 Å². The van der Waals surface area contributed by atoms with Gasteiger partial charge in [0, 0.05) is 0 Å². The average Bonchev–Trinajstić information content (AvgIpc) is 2.32. The second-order valence-electron chi connectivity index (χ2n) is 3.42. The quantitative estimate of drug-likeness (QED) is 0.137. The van der Waals surface area contributed by atoms with Crippen LogP contribution in [0.3, 0.4) is 0 Å². The Morgan fingerprint density at radius 2 is 2.05 bits per heavy atom. The molecule has 20 heavy (non-hydrogen) atoms. The first-order valence-corrected chi connectivity index (χ1v) is 6.78. The first-order chi connectivity index (χ1) is 9.26. The number of carboxylic acid groups (broad SMARTS) is 1. The minimum Gasteiger partial charge on any atom is -0.479 e. The van der Waals surface area contributed by atoms with Crippen molar-refractivity contribution in [3.05, 3.63) is 0 Å². The van der Waals surface area contributed by atoms with E-state index in [1.807, 2.05) is 0 Å². The number of carbonyl (C=O) groups is 1. The van der Waals surface area contributed by atoms with Crippen LogP contribution in [-0.4, -0.2) is 65.4 Å². The van der Waals surface area contributed by atoms with Crippen molar-refractivity contribution in [2.24, 2.45) is 0 Å². The minimum atomic E-state index is -4.89. The Bertz CT molecular complexity index is 422. The predicted octanol–water partition coefficient (Wildman–Crippen LogP) is -1.61. The normalized spacial score (nSPS) is 31.1. The summed E-state index contributed by atoms with van der Waals surface area (Å²) >= 11 is -0.0384. The molecule has 0 bridgehead atoms. The molecule has 0 aromatic carbocycles. The maximum absolute atomic E-state index is 10.9. The van der Waals surface area contributed by atoms with E-state index in [1.165, 1.54) is 0 Å². The van der Waals surface area contributed by atoms with Crippen molar-refractivity contribution >= 4 is 28.7 Å². The maximum atomic E-state index is 10.9. The standard InChI is InChI=1S/C6H10O12S2/c7-3-2(16-20(11,12)13)1-14-5(6(8)9)4(3)15-19-18-17-10/h2-5,7,10H,1H2,(H,8,9)(H,11,12,13)/t2?,3-,4-,5?/m1/s1.